The molecule has 9 heteroatoms. The van der Waals surface area contributed by atoms with Crippen molar-refractivity contribution in [2.75, 3.05) is 43.5 Å². The van der Waals surface area contributed by atoms with Gasteiger partial charge in [0.1, 0.15) is 5.75 Å². The van der Waals surface area contributed by atoms with Crippen molar-refractivity contribution in [3.8, 4) is 5.75 Å². The molecule has 1 saturated heterocycles. The molecule has 1 N–H and O–H groups in total. The zero-order valence-electron chi connectivity index (χ0n) is 18.9. The lowest BCUT2D eigenvalue weighted by Crippen LogP contribution is -2.52. The van der Waals surface area contributed by atoms with Crippen LogP contribution in [0.5, 0.6) is 5.75 Å². The Morgan fingerprint density at radius 1 is 1.15 bits per heavy atom. The monoisotopic (exact) mass is 449 g/mol. The summed E-state index contributed by atoms with van der Waals surface area (Å²) >= 11 is 0. The van der Waals surface area contributed by atoms with Crippen LogP contribution in [0.25, 0.3) is 10.8 Å². The maximum Gasteiger partial charge on any atom is 0.278 e. The van der Waals surface area contributed by atoms with Gasteiger partial charge in [0.05, 0.1) is 29.1 Å². The first-order chi connectivity index (χ1) is 15.9. The number of hydrogen-bond donors (Lipinski definition) is 1. The van der Waals surface area contributed by atoms with Gasteiger partial charge >= 0.3 is 0 Å². The highest BCUT2D eigenvalue weighted by atomic mass is 16.6. The lowest BCUT2D eigenvalue weighted by Gasteiger charge is -2.39. The van der Waals surface area contributed by atoms with Gasteiger partial charge in [-0.05, 0) is 43.7 Å². The summed E-state index contributed by atoms with van der Waals surface area (Å²) in [6.07, 6.45) is 3.19. The van der Waals surface area contributed by atoms with Crippen LogP contribution in [0.2, 0.25) is 0 Å². The van der Waals surface area contributed by atoms with Crippen molar-refractivity contribution in [1.29, 1.82) is 0 Å². The average molecular weight is 450 g/mol. The lowest BCUT2D eigenvalue weighted by molar-refractivity contribution is -0.383. The van der Waals surface area contributed by atoms with Crippen LogP contribution < -0.4 is 15.0 Å². The molecule has 1 aliphatic heterocycles. The number of hydrogen-bond acceptors (Lipinski definition) is 7. The topological polar surface area (TPSA) is 101 Å². The molecule has 0 saturated carbocycles. The number of ether oxygens (including phenoxy) is 1. The van der Waals surface area contributed by atoms with Gasteiger partial charge in [0.25, 0.3) is 5.69 Å². The van der Waals surface area contributed by atoms with E-state index in [9.17, 15) is 14.9 Å². The van der Waals surface area contributed by atoms with Crippen LogP contribution in [-0.4, -0.2) is 60.0 Å². The standard InChI is InChI=1S/C24H27N5O4/c1-16-4-7-23(33-3)20(14-16)26-24(30)17(2)27-10-12-28(13-11-27)21-5-6-22(29(31)32)19-15-25-9-8-18(19)21/h4-9,14-15,17H,10-13H2,1-3H3,(H,26,30)/t17-/m0/s1. The highest BCUT2D eigenvalue weighted by Gasteiger charge is 2.27. The van der Waals surface area contributed by atoms with Crippen LogP contribution in [0.15, 0.2) is 48.8 Å². The molecule has 1 fully saturated rings. The second-order valence-corrected chi connectivity index (χ2v) is 8.17. The van der Waals surface area contributed by atoms with E-state index in [-0.39, 0.29) is 22.6 Å². The Morgan fingerprint density at radius 2 is 1.91 bits per heavy atom. The van der Waals surface area contributed by atoms with Crippen molar-refractivity contribution >= 4 is 33.7 Å². The SMILES string of the molecule is COc1ccc(C)cc1NC(=O)[C@H](C)N1CCN(c2ccc([N+](=O)[O-])c3cnccc23)CC1. The molecule has 0 spiro atoms. The van der Waals surface area contributed by atoms with E-state index < -0.39 is 0 Å². The first kappa shape index (κ1) is 22.5. The number of nitrogens with one attached hydrogen (secondary N) is 1. The second kappa shape index (κ2) is 9.41. The number of piperazine rings is 1. The summed E-state index contributed by atoms with van der Waals surface area (Å²) in [5.74, 6) is 0.546. The number of nitrogens with zero attached hydrogens (tertiary/aromatic N) is 4. The minimum atomic E-state index is -0.380. The van der Waals surface area contributed by atoms with Gasteiger partial charge in [0.15, 0.2) is 0 Å². The fourth-order valence-corrected chi connectivity index (χ4v) is 4.27. The summed E-state index contributed by atoms with van der Waals surface area (Å²) in [5.41, 5.74) is 2.70. The Labute approximate surface area is 192 Å². The molecule has 172 valence electrons. The number of benzene rings is 2. The molecular weight excluding hydrogens is 422 g/mol. The van der Waals surface area contributed by atoms with E-state index in [0.29, 0.717) is 43.0 Å². The third kappa shape index (κ3) is 4.58. The van der Waals surface area contributed by atoms with E-state index in [1.54, 1.807) is 25.6 Å². The van der Waals surface area contributed by atoms with E-state index in [0.717, 1.165) is 16.6 Å². The van der Waals surface area contributed by atoms with Crippen LogP contribution in [0.1, 0.15) is 12.5 Å². The van der Waals surface area contributed by atoms with E-state index in [1.807, 2.05) is 38.1 Å². The van der Waals surface area contributed by atoms with Crippen LogP contribution in [0.3, 0.4) is 0 Å². The van der Waals surface area contributed by atoms with Crippen molar-refractivity contribution in [2.45, 2.75) is 19.9 Å². The molecule has 33 heavy (non-hydrogen) atoms. The van der Waals surface area contributed by atoms with Crippen LogP contribution in [0, 0.1) is 17.0 Å². The molecule has 3 aromatic rings. The minimum absolute atomic E-state index is 0.0531. The van der Waals surface area contributed by atoms with Crippen LogP contribution >= 0.6 is 0 Å². The maximum atomic E-state index is 12.9. The van der Waals surface area contributed by atoms with Crippen LogP contribution in [-0.2, 0) is 4.79 Å². The third-order valence-electron chi connectivity index (χ3n) is 6.16. The van der Waals surface area contributed by atoms with Crippen molar-refractivity contribution in [1.82, 2.24) is 9.88 Å². The zero-order valence-corrected chi connectivity index (χ0v) is 18.9. The molecule has 0 radical (unpaired) electrons. The van der Waals surface area contributed by atoms with Gasteiger partial charge in [-0.25, -0.2) is 0 Å². The number of amides is 1. The Kier molecular flexibility index (Phi) is 6.41. The summed E-state index contributed by atoms with van der Waals surface area (Å²) < 4.78 is 5.37. The number of fused-ring (bicyclic) bond motifs is 1. The van der Waals surface area contributed by atoms with E-state index in [2.05, 4.69) is 20.1 Å². The van der Waals surface area contributed by atoms with Crippen molar-refractivity contribution in [3.63, 3.8) is 0 Å². The first-order valence-electron chi connectivity index (χ1n) is 10.8. The quantitative estimate of drug-likeness (QED) is 0.453. The Morgan fingerprint density at radius 3 is 2.61 bits per heavy atom. The summed E-state index contributed by atoms with van der Waals surface area (Å²) in [4.78, 5) is 32.3. The van der Waals surface area contributed by atoms with Gasteiger partial charge in [0, 0.05) is 55.7 Å². The van der Waals surface area contributed by atoms with Gasteiger partial charge in [-0.15, -0.1) is 0 Å². The van der Waals surface area contributed by atoms with E-state index >= 15 is 0 Å². The number of nitro groups is 1. The predicted molar refractivity (Wildman–Crippen MR) is 128 cm³/mol. The highest BCUT2D eigenvalue weighted by Crippen LogP contribution is 2.33. The van der Waals surface area contributed by atoms with Gasteiger partial charge < -0.3 is 15.0 Å². The van der Waals surface area contributed by atoms with E-state index in [4.69, 9.17) is 4.74 Å². The van der Waals surface area contributed by atoms with Crippen molar-refractivity contribution in [2.24, 2.45) is 0 Å². The van der Waals surface area contributed by atoms with Gasteiger partial charge in [-0.1, -0.05) is 6.07 Å². The van der Waals surface area contributed by atoms with Crippen molar-refractivity contribution < 1.29 is 14.5 Å². The van der Waals surface area contributed by atoms with Gasteiger partial charge in [0.2, 0.25) is 5.91 Å². The Hall–Kier alpha value is -3.72. The number of anilines is 2. The Bertz CT molecular complexity index is 1190. The number of methoxy groups -OCH3 is 1. The summed E-state index contributed by atoms with van der Waals surface area (Å²) in [6.45, 7) is 6.68. The number of carbonyl (C=O) groups excluding carboxylic acids is 1. The number of pyridine rings is 1. The molecule has 0 unspecified atom stereocenters. The molecule has 0 bridgehead atoms. The number of aromatic nitrogens is 1. The number of non-ortho nitro benzene ring substituents is 1. The fraction of sp³-hybridized carbons (Fsp3) is 0.333. The normalized spacial score (nSPS) is 15.3. The summed E-state index contributed by atoms with van der Waals surface area (Å²) in [7, 11) is 1.58. The molecule has 1 aromatic heterocycles. The van der Waals surface area contributed by atoms with Crippen LogP contribution in [0.4, 0.5) is 17.1 Å². The smallest absolute Gasteiger partial charge is 0.278 e. The number of carbonyl (C=O) groups is 1. The molecule has 1 atom stereocenters. The highest BCUT2D eigenvalue weighted by molar-refractivity contribution is 5.99. The maximum absolute atomic E-state index is 12.9. The molecule has 4 rings (SSSR count). The number of nitro benzene ring substituents is 1. The lowest BCUT2D eigenvalue weighted by atomic mass is 10.1. The molecular formula is C24H27N5O4. The molecule has 2 aromatic carbocycles. The van der Waals surface area contributed by atoms with Crippen molar-refractivity contribution in [3.05, 3.63) is 64.5 Å². The fourth-order valence-electron chi connectivity index (χ4n) is 4.27. The number of rotatable bonds is 6. The number of aryl methyl sites for hydroxylation is 1. The minimum Gasteiger partial charge on any atom is -0.495 e. The van der Waals surface area contributed by atoms with E-state index in [1.165, 1.54) is 6.07 Å². The zero-order chi connectivity index (χ0) is 23.5. The molecule has 2 heterocycles. The largest absolute Gasteiger partial charge is 0.495 e. The molecule has 1 aliphatic rings. The van der Waals surface area contributed by atoms with Gasteiger partial charge in [-0.3, -0.25) is 24.8 Å². The second-order valence-electron chi connectivity index (χ2n) is 8.17. The predicted octanol–water partition coefficient (Wildman–Crippen LogP) is 3.61. The first-order valence-corrected chi connectivity index (χ1v) is 10.8. The molecule has 9 nitrogen and oxygen atoms in total. The molecule has 0 aliphatic carbocycles. The third-order valence-corrected chi connectivity index (χ3v) is 6.16. The average Bonchev–Trinajstić information content (AvgIpc) is 2.83. The summed E-state index contributed by atoms with van der Waals surface area (Å²) in [5, 5.41) is 15.7. The summed E-state index contributed by atoms with van der Waals surface area (Å²) in [6, 6.07) is 10.5. The molecule has 1 amide bonds. The Balaban J connectivity index is 1.45. The van der Waals surface area contributed by atoms with Gasteiger partial charge in [-0.2, -0.15) is 0 Å².